The Morgan fingerprint density at radius 2 is 1.59 bits per heavy atom. The van der Waals surface area contributed by atoms with Crippen molar-refractivity contribution in [1.29, 1.82) is 0 Å². The smallest absolute Gasteiger partial charge is 0.225 e. The second-order valence-electron chi connectivity index (χ2n) is 9.60. The number of ether oxygens (including phenoxy) is 2. The largest absolute Gasteiger partial charge is 0.494 e. The molecule has 0 unspecified atom stereocenters. The zero-order valence-electron chi connectivity index (χ0n) is 20.1. The summed E-state index contributed by atoms with van der Waals surface area (Å²) in [6, 6.07) is 13.9. The molecule has 0 aliphatic heterocycles. The number of hydrogen-bond donors (Lipinski definition) is 1. The van der Waals surface area contributed by atoms with E-state index in [0.29, 0.717) is 17.4 Å². The lowest BCUT2D eigenvalue weighted by atomic mass is 9.85. The first-order chi connectivity index (χ1) is 16.0. The van der Waals surface area contributed by atoms with Crippen molar-refractivity contribution in [1.82, 2.24) is 5.32 Å². The number of nitrogens with one attached hydrogen (secondary N) is 1. The van der Waals surface area contributed by atoms with Gasteiger partial charge in [0.2, 0.25) is 5.91 Å². The lowest BCUT2D eigenvalue weighted by Crippen LogP contribution is -2.45. The van der Waals surface area contributed by atoms with Crippen molar-refractivity contribution in [3.8, 4) is 11.5 Å². The molecule has 8 heteroatoms. The first kappa shape index (κ1) is 26.4. The molecule has 1 aliphatic rings. The molecule has 1 N–H and O–H groups in total. The van der Waals surface area contributed by atoms with E-state index in [1.54, 1.807) is 36.4 Å². The number of hydrogen-bond acceptors (Lipinski definition) is 5. The van der Waals surface area contributed by atoms with Crippen LogP contribution in [0.3, 0.4) is 0 Å². The highest BCUT2D eigenvalue weighted by molar-refractivity contribution is 7.90. The van der Waals surface area contributed by atoms with Gasteiger partial charge in [-0.3, -0.25) is 4.79 Å². The minimum Gasteiger partial charge on any atom is -0.494 e. The predicted molar refractivity (Wildman–Crippen MR) is 134 cm³/mol. The molecule has 2 aromatic rings. The van der Waals surface area contributed by atoms with Gasteiger partial charge in [0.05, 0.1) is 17.6 Å². The van der Waals surface area contributed by atoms with Gasteiger partial charge >= 0.3 is 0 Å². The van der Waals surface area contributed by atoms with E-state index in [4.69, 9.17) is 21.1 Å². The summed E-state index contributed by atoms with van der Waals surface area (Å²) in [5, 5.41) is 3.89. The number of halogens is 1. The van der Waals surface area contributed by atoms with Crippen LogP contribution in [0.2, 0.25) is 5.02 Å². The summed E-state index contributed by atoms with van der Waals surface area (Å²) in [5.41, 5.74) is -0.474. The standard InChI is InChI=1S/C26H34ClNO5S/c1-26(2,17-4-18-32-21-9-5-19(27)6-10-21)25(29)28-20-7-11-22(12-8-20)33-23-13-15-24(16-14-23)34(3,30)31/h5-6,9-10,13-16,20,22H,4,7-8,11-12,17-18H2,1-3H3,(H,28,29)/t20-,22-. The van der Waals surface area contributed by atoms with Crippen LogP contribution in [0.5, 0.6) is 11.5 Å². The molecule has 0 saturated heterocycles. The Morgan fingerprint density at radius 1 is 1.00 bits per heavy atom. The van der Waals surface area contributed by atoms with Gasteiger partial charge in [-0.25, -0.2) is 8.42 Å². The molecule has 0 atom stereocenters. The number of carbonyl (C=O) groups is 1. The molecule has 1 fully saturated rings. The summed E-state index contributed by atoms with van der Waals surface area (Å²) in [4.78, 5) is 13.2. The van der Waals surface area contributed by atoms with Crippen LogP contribution in [0, 0.1) is 5.41 Å². The third-order valence-corrected chi connectivity index (χ3v) is 7.59. The molecule has 6 nitrogen and oxygen atoms in total. The fraction of sp³-hybridized carbons (Fsp3) is 0.500. The van der Waals surface area contributed by atoms with Gasteiger partial charge in [0, 0.05) is 22.7 Å². The predicted octanol–water partition coefficient (Wildman–Crippen LogP) is 5.44. The average molecular weight is 508 g/mol. The monoisotopic (exact) mass is 507 g/mol. The van der Waals surface area contributed by atoms with Crippen molar-refractivity contribution in [2.45, 2.75) is 69.4 Å². The zero-order valence-corrected chi connectivity index (χ0v) is 21.6. The molecule has 1 saturated carbocycles. The molecule has 0 aromatic heterocycles. The Hall–Kier alpha value is -2.25. The maximum absolute atomic E-state index is 12.9. The normalized spacial score (nSPS) is 18.8. The highest BCUT2D eigenvalue weighted by Crippen LogP contribution is 2.28. The van der Waals surface area contributed by atoms with Gasteiger partial charge in [-0.15, -0.1) is 0 Å². The SMILES string of the molecule is CC(C)(CCCOc1ccc(Cl)cc1)C(=O)N[C@H]1CC[C@H](Oc2ccc(S(C)(=O)=O)cc2)CC1. The van der Waals surface area contributed by atoms with Crippen molar-refractivity contribution in [2.75, 3.05) is 12.9 Å². The Balaban J connectivity index is 1.37. The Morgan fingerprint density at radius 3 is 2.18 bits per heavy atom. The molecule has 0 spiro atoms. The second kappa shape index (κ2) is 11.5. The molecular formula is C26H34ClNO5S. The van der Waals surface area contributed by atoms with E-state index in [0.717, 1.165) is 44.3 Å². The number of benzene rings is 2. The molecule has 0 radical (unpaired) electrons. The zero-order chi connectivity index (χ0) is 24.8. The maximum Gasteiger partial charge on any atom is 0.225 e. The molecule has 34 heavy (non-hydrogen) atoms. The van der Waals surface area contributed by atoms with Crippen LogP contribution in [0.25, 0.3) is 0 Å². The minimum atomic E-state index is -3.21. The van der Waals surface area contributed by atoms with E-state index in [-0.39, 0.29) is 22.9 Å². The number of sulfone groups is 1. The van der Waals surface area contributed by atoms with Gasteiger partial charge < -0.3 is 14.8 Å². The topological polar surface area (TPSA) is 81.7 Å². The molecule has 2 aromatic carbocycles. The Bertz CT molecular complexity index is 1040. The average Bonchev–Trinajstić information content (AvgIpc) is 2.79. The Kier molecular flexibility index (Phi) is 8.88. The van der Waals surface area contributed by atoms with Crippen molar-refractivity contribution in [3.05, 3.63) is 53.6 Å². The summed E-state index contributed by atoms with van der Waals surface area (Å²) in [7, 11) is -3.21. The van der Waals surface area contributed by atoms with E-state index in [2.05, 4.69) is 5.32 Å². The van der Waals surface area contributed by atoms with Crippen LogP contribution in [0.15, 0.2) is 53.4 Å². The lowest BCUT2D eigenvalue weighted by molar-refractivity contribution is -0.130. The third kappa shape index (κ3) is 7.91. The summed E-state index contributed by atoms with van der Waals surface area (Å²) >= 11 is 5.89. The van der Waals surface area contributed by atoms with Crippen molar-refractivity contribution in [2.24, 2.45) is 5.41 Å². The van der Waals surface area contributed by atoms with Gasteiger partial charge in [0.15, 0.2) is 9.84 Å². The maximum atomic E-state index is 12.9. The van der Waals surface area contributed by atoms with Gasteiger partial charge in [-0.1, -0.05) is 25.4 Å². The molecule has 186 valence electrons. The second-order valence-corrected chi connectivity index (χ2v) is 12.1. The fourth-order valence-electron chi connectivity index (χ4n) is 4.01. The summed E-state index contributed by atoms with van der Waals surface area (Å²) < 4.78 is 34.9. The lowest BCUT2D eigenvalue weighted by Gasteiger charge is -2.32. The van der Waals surface area contributed by atoms with Gasteiger partial charge in [-0.2, -0.15) is 0 Å². The Labute approximate surface area is 207 Å². The minimum absolute atomic E-state index is 0.0651. The van der Waals surface area contributed by atoms with Crippen LogP contribution in [-0.2, 0) is 14.6 Å². The van der Waals surface area contributed by atoms with Gasteiger partial charge in [0.1, 0.15) is 11.5 Å². The van der Waals surface area contributed by atoms with Gasteiger partial charge in [-0.05, 0) is 87.1 Å². The van der Waals surface area contributed by atoms with Crippen LogP contribution < -0.4 is 14.8 Å². The highest BCUT2D eigenvalue weighted by atomic mass is 35.5. The van der Waals surface area contributed by atoms with E-state index >= 15 is 0 Å². The highest BCUT2D eigenvalue weighted by Gasteiger charge is 2.31. The van der Waals surface area contributed by atoms with E-state index < -0.39 is 15.3 Å². The van der Waals surface area contributed by atoms with E-state index in [9.17, 15) is 13.2 Å². The van der Waals surface area contributed by atoms with Crippen LogP contribution in [0.4, 0.5) is 0 Å². The summed E-state index contributed by atoms with van der Waals surface area (Å²) in [6.07, 6.45) is 6.16. The molecule has 1 aliphatic carbocycles. The number of rotatable bonds is 10. The first-order valence-electron chi connectivity index (χ1n) is 11.7. The first-order valence-corrected chi connectivity index (χ1v) is 14.0. The molecule has 3 rings (SSSR count). The molecule has 1 amide bonds. The van der Waals surface area contributed by atoms with Crippen molar-refractivity contribution in [3.63, 3.8) is 0 Å². The number of amides is 1. The summed E-state index contributed by atoms with van der Waals surface area (Å²) in [6.45, 7) is 4.49. The number of carbonyl (C=O) groups excluding carboxylic acids is 1. The summed E-state index contributed by atoms with van der Waals surface area (Å²) in [5.74, 6) is 1.51. The van der Waals surface area contributed by atoms with Crippen LogP contribution in [-0.4, -0.2) is 39.3 Å². The van der Waals surface area contributed by atoms with Crippen LogP contribution >= 0.6 is 11.6 Å². The fourth-order valence-corrected chi connectivity index (χ4v) is 4.77. The van der Waals surface area contributed by atoms with E-state index in [1.807, 2.05) is 26.0 Å². The van der Waals surface area contributed by atoms with Gasteiger partial charge in [0.25, 0.3) is 0 Å². The van der Waals surface area contributed by atoms with Crippen molar-refractivity contribution < 1.29 is 22.7 Å². The van der Waals surface area contributed by atoms with Crippen LogP contribution in [0.1, 0.15) is 52.4 Å². The molecule has 0 heterocycles. The van der Waals surface area contributed by atoms with E-state index in [1.165, 1.54) is 6.26 Å². The quantitative estimate of drug-likeness (QED) is 0.433. The third-order valence-electron chi connectivity index (χ3n) is 6.21. The van der Waals surface area contributed by atoms with Crippen molar-refractivity contribution >= 4 is 27.3 Å². The molecule has 0 bridgehead atoms. The molecular weight excluding hydrogens is 474 g/mol.